The minimum absolute atomic E-state index is 0.00807. The van der Waals surface area contributed by atoms with Crippen LogP contribution in [0.5, 0.6) is 0 Å². The predicted octanol–water partition coefficient (Wildman–Crippen LogP) is 10.6. The maximum atomic E-state index is 6.32. The van der Waals surface area contributed by atoms with Crippen molar-refractivity contribution < 1.29 is 14.2 Å². The first kappa shape index (κ1) is 36.9. The molecule has 0 aliphatic heterocycles. The second-order valence-electron chi connectivity index (χ2n) is 15.0. The summed E-state index contributed by atoms with van der Waals surface area (Å²) >= 11 is 0. The van der Waals surface area contributed by atoms with Crippen molar-refractivity contribution in [2.45, 2.75) is 177 Å². The summed E-state index contributed by atoms with van der Waals surface area (Å²) in [5, 5.41) is 0. The highest BCUT2D eigenvalue weighted by Gasteiger charge is 2.21. The van der Waals surface area contributed by atoms with Crippen LogP contribution in [-0.4, -0.2) is 36.6 Å². The average Bonchev–Trinajstić information content (AvgIpc) is 2.72. The molecule has 3 heteroatoms. The van der Waals surface area contributed by atoms with E-state index >= 15 is 0 Å². The van der Waals surface area contributed by atoms with Crippen molar-refractivity contribution in [3.8, 4) is 0 Å². The Hall–Kier alpha value is -0.120. The molecule has 0 heterocycles. The highest BCUT2D eigenvalue weighted by atomic mass is 16.5. The van der Waals surface area contributed by atoms with Gasteiger partial charge < -0.3 is 14.2 Å². The molecular formula is C34H70O3. The topological polar surface area (TPSA) is 27.7 Å². The first-order valence-electron chi connectivity index (χ1n) is 15.9. The van der Waals surface area contributed by atoms with Crippen LogP contribution in [0.25, 0.3) is 0 Å². The molecule has 3 nitrogen and oxygen atoms in total. The van der Waals surface area contributed by atoms with Gasteiger partial charge in [0, 0.05) is 19.8 Å². The van der Waals surface area contributed by atoms with E-state index in [9.17, 15) is 0 Å². The molecular weight excluding hydrogens is 456 g/mol. The lowest BCUT2D eigenvalue weighted by molar-refractivity contribution is -0.0348. The third kappa shape index (κ3) is 24.6. The SMILES string of the molecule is CC(C)CCCC(C)CCOC(C)(C)CCCC(C)CCOC(C)(C)CCCC(C)CCOC(C)(C)C. The summed E-state index contributed by atoms with van der Waals surface area (Å²) < 4.78 is 18.5. The standard InChI is InChI=1S/C34H70O3/c1-28(2)16-13-17-29(3)21-26-36-33(9,10)24-15-19-31(5)22-27-37-34(11,12)23-14-18-30(4)20-25-35-32(6,7)8/h28-31H,13-27H2,1-12H3. The summed E-state index contributed by atoms with van der Waals surface area (Å²) in [6.45, 7) is 29.8. The molecule has 0 bridgehead atoms. The third-order valence-corrected chi connectivity index (χ3v) is 7.78. The molecule has 0 fully saturated rings. The zero-order valence-corrected chi connectivity index (χ0v) is 27.6. The van der Waals surface area contributed by atoms with E-state index in [1.165, 1.54) is 51.4 Å². The van der Waals surface area contributed by atoms with Crippen molar-refractivity contribution in [2.75, 3.05) is 19.8 Å². The van der Waals surface area contributed by atoms with Crippen LogP contribution < -0.4 is 0 Å². The van der Waals surface area contributed by atoms with Gasteiger partial charge in [-0.25, -0.2) is 0 Å². The van der Waals surface area contributed by atoms with Crippen molar-refractivity contribution >= 4 is 0 Å². The third-order valence-electron chi connectivity index (χ3n) is 7.78. The van der Waals surface area contributed by atoms with Crippen LogP contribution in [0.4, 0.5) is 0 Å². The number of ether oxygens (including phenoxy) is 3. The highest BCUT2D eigenvalue weighted by Crippen LogP contribution is 2.25. The molecule has 0 spiro atoms. The van der Waals surface area contributed by atoms with Crippen LogP contribution in [0.3, 0.4) is 0 Å². The highest BCUT2D eigenvalue weighted by molar-refractivity contribution is 4.72. The second kappa shape index (κ2) is 19.0. The molecule has 0 radical (unpaired) electrons. The van der Waals surface area contributed by atoms with Gasteiger partial charge in [-0.05, 0) is 104 Å². The van der Waals surface area contributed by atoms with Crippen LogP contribution in [0.2, 0.25) is 0 Å². The minimum atomic E-state index is -0.0259. The van der Waals surface area contributed by atoms with E-state index in [0.29, 0.717) is 11.8 Å². The molecule has 3 unspecified atom stereocenters. The van der Waals surface area contributed by atoms with Crippen LogP contribution in [0.15, 0.2) is 0 Å². The molecule has 0 N–H and O–H groups in total. The van der Waals surface area contributed by atoms with Crippen molar-refractivity contribution in [3.63, 3.8) is 0 Å². The molecule has 0 saturated carbocycles. The monoisotopic (exact) mass is 527 g/mol. The Labute approximate surface area is 234 Å². The summed E-state index contributed by atoms with van der Waals surface area (Å²) in [6, 6.07) is 0. The fourth-order valence-electron chi connectivity index (χ4n) is 4.84. The minimum Gasteiger partial charge on any atom is -0.376 e. The summed E-state index contributed by atoms with van der Waals surface area (Å²) in [5.74, 6) is 3.02. The molecule has 0 aliphatic rings. The Kier molecular flexibility index (Phi) is 19.0. The molecule has 3 atom stereocenters. The zero-order valence-electron chi connectivity index (χ0n) is 27.6. The quantitative estimate of drug-likeness (QED) is 0.132. The van der Waals surface area contributed by atoms with Crippen molar-refractivity contribution in [3.05, 3.63) is 0 Å². The number of rotatable bonds is 23. The van der Waals surface area contributed by atoms with E-state index in [1.54, 1.807) is 0 Å². The molecule has 0 aromatic heterocycles. The Morgan fingerprint density at radius 3 is 1.14 bits per heavy atom. The van der Waals surface area contributed by atoms with Crippen molar-refractivity contribution in [2.24, 2.45) is 23.7 Å². The van der Waals surface area contributed by atoms with Crippen molar-refractivity contribution in [1.82, 2.24) is 0 Å². The Morgan fingerprint density at radius 1 is 0.432 bits per heavy atom. The first-order chi connectivity index (χ1) is 17.0. The Balaban J connectivity index is 3.93. The van der Waals surface area contributed by atoms with Gasteiger partial charge in [-0.1, -0.05) is 79.6 Å². The predicted molar refractivity (Wildman–Crippen MR) is 164 cm³/mol. The summed E-state index contributed by atoms with van der Waals surface area (Å²) in [4.78, 5) is 0. The van der Waals surface area contributed by atoms with Gasteiger partial charge in [0.05, 0.1) is 16.8 Å². The van der Waals surface area contributed by atoms with Gasteiger partial charge in [-0.3, -0.25) is 0 Å². The van der Waals surface area contributed by atoms with Gasteiger partial charge in [0.1, 0.15) is 0 Å². The normalized spacial score (nSPS) is 15.8. The molecule has 0 amide bonds. The van der Waals surface area contributed by atoms with E-state index in [4.69, 9.17) is 14.2 Å². The largest absolute Gasteiger partial charge is 0.376 e. The lowest BCUT2D eigenvalue weighted by Crippen LogP contribution is -2.26. The first-order valence-corrected chi connectivity index (χ1v) is 15.9. The number of hydrogen-bond donors (Lipinski definition) is 0. The van der Waals surface area contributed by atoms with Crippen molar-refractivity contribution in [1.29, 1.82) is 0 Å². The van der Waals surface area contributed by atoms with Gasteiger partial charge in [-0.2, -0.15) is 0 Å². The smallest absolute Gasteiger partial charge is 0.0626 e. The van der Waals surface area contributed by atoms with E-state index < -0.39 is 0 Å². The summed E-state index contributed by atoms with van der Waals surface area (Å²) in [5.41, 5.74) is -0.0587. The summed E-state index contributed by atoms with van der Waals surface area (Å²) in [7, 11) is 0. The fraction of sp³-hybridized carbons (Fsp3) is 1.00. The molecule has 0 aromatic rings. The second-order valence-corrected chi connectivity index (χ2v) is 15.0. The van der Waals surface area contributed by atoms with Crippen LogP contribution in [0, 0.1) is 23.7 Å². The van der Waals surface area contributed by atoms with Gasteiger partial charge in [0.15, 0.2) is 0 Å². The van der Waals surface area contributed by atoms with Gasteiger partial charge >= 0.3 is 0 Å². The lowest BCUT2D eigenvalue weighted by atomic mass is 9.94. The van der Waals surface area contributed by atoms with E-state index in [0.717, 1.165) is 57.3 Å². The molecule has 0 rings (SSSR count). The zero-order chi connectivity index (χ0) is 28.5. The van der Waals surface area contributed by atoms with Gasteiger partial charge in [0.25, 0.3) is 0 Å². The van der Waals surface area contributed by atoms with Crippen LogP contribution in [-0.2, 0) is 14.2 Å². The van der Waals surface area contributed by atoms with E-state index in [1.807, 2.05) is 0 Å². The van der Waals surface area contributed by atoms with E-state index in [2.05, 4.69) is 83.1 Å². The summed E-state index contributed by atoms with van der Waals surface area (Å²) in [6.07, 6.45) is 14.8. The van der Waals surface area contributed by atoms with Crippen LogP contribution in [0.1, 0.15) is 160 Å². The van der Waals surface area contributed by atoms with Crippen LogP contribution >= 0.6 is 0 Å². The molecule has 37 heavy (non-hydrogen) atoms. The molecule has 0 aromatic carbocycles. The van der Waals surface area contributed by atoms with E-state index in [-0.39, 0.29) is 16.8 Å². The Bertz CT molecular complexity index is 532. The van der Waals surface area contributed by atoms with Gasteiger partial charge in [-0.15, -0.1) is 0 Å². The maximum Gasteiger partial charge on any atom is 0.0626 e. The molecule has 0 aliphatic carbocycles. The maximum absolute atomic E-state index is 6.32. The van der Waals surface area contributed by atoms with Gasteiger partial charge in [0.2, 0.25) is 0 Å². The fourth-order valence-corrected chi connectivity index (χ4v) is 4.84. The average molecular weight is 527 g/mol. The lowest BCUT2D eigenvalue weighted by Gasteiger charge is -2.28. The number of hydrogen-bond acceptors (Lipinski definition) is 3. The molecule has 0 saturated heterocycles. The molecule has 224 valence electrons. The Morgan fingerprint density at radius 2 is 0.784 bits per heavy atom.